The van der Waals surface area contributed by atoms with Crippen molar-refractivity contribution >= 4 is 46.6 Å². The summed E-state index contributed by atoms with van der Waals surface area (Å²) in [7, 11) is 0. The fourth-order valence-corrected chi connectivity index (χ4v) is 5.94. The van der Waals surface area contributed by atoms with Gasteiger partial charge in [0.2, 0.25) is 5.95 Å². The Kier molecular flexibility index (Phi) is 4.89. The molecule has 146 valence electrons. The molecule has 0 N–H and O–H groups in total. The van der Waals surface area contributed by atoms with Gasteiger partial charge in [0.1, 0.15) is 5.15 Å². The highest BCUT2D eigenvalue weighted by Crippen LogP contribution is 2.46. The monoisotopic (exact) mass is 433 g/mol. The lowest BCUT2D eigenvalue weighted by Crippen LogP contribution is -2.40. The van der Waals surface area contributed by atoms with Crippen LogP contribution in [-0.4, -0.2) is 32.4 Å². The van der Waals surface area contributed by atoms with Crippen molar-refractivity contribution in [3.63, 3.8) is 0 Å². The highest BCUT2D eigenvalue weighted by atomic mass is 35.5. The number of halogens is 2. The van der Waals surface area contributed by atoms with Gasteiger partial charge in [-0.25, -0.2) is 15.0 Å². The average molecular weight is 434 g/mol. The molecule has 1 spiro atoms. The third kappa shape index (κ3) is 3.25. The van der Waals surface area contributed by atoms with E-state index in [1.807, 2.05) is 24.7 Å². The Labute approximate surface area is 178 Å². The highest BCUT2D eigenvalue weighted by molar-refractivity contribution is 7.99. The SMILES string of the molecule is Clc1nccc(Sc2cnc(N3CCC4(CCCC4)CC3)n3ccnc23)c1Cl. The lowest BCUT2D eigenvalue weighted by molar-refractivity contribution is 0.225. The molecule has 0 atom stereocenters. The normalized spacial score (nSPS) is 19.0. The maximum atomic E-state index is 6.31. The molecule has 3 aromatic rings. The van der Waals surface area contributed by atoms with E-state index in [2.05, 4.69) is 19.3 Å². The van der Waals surface area contributed by atoms with Crippen LogP contribution < -0.4 is 4.90 Å². The number of hydrogen-bond acceptors (Lipinski definition) is 5. The highest BCUT2D eigenvalue weighted by Gasteiger charge is 2.37. The molecule has 5 rings (SSSR count). The number of nitrogens with zero attached hydrogens (tertiary/aromatic N) is 5. The van der Waals surface area contributed by atoms with Crippen molar-refractivity contribution in [2.75, 3.05) is 18.0 Å². The van der Waals surface area contributed by atoms with Gasteiger partial charge >= 0.3 is 0 Å². The van der Waals surface area contributed by atoms with Crippen LogP contribution in [0.2, 0.25) is 10.2 Å². The molecule has 1 aliphatic carbocycles. The molecular formula is C20H21Cl2N5S. The Morgan fingerprint density at radius 2 is 1.71 bits per heavy atom. The average Bonchev–Trinajstić information content (AvgIpc) is 3.37. The van der Waals surface area contributed by atoms with Gasteiger partial charge in [0.05, 0.1) is 9.92 Å². The summed E-state index contributed by atoms with van der Waals surface area (Å²) in [4.78, 5) is 17.6. The smallest absolute Gasteiger partial charge is 0.211 e. The zero-order valence-electron chi connectivity index (χ0n) is 15.4. The molecule has 4 heterocycles. The first-order valence-electron chi connectivity index (χ1n) is 9.70. The summed E-state index contributed by atoms with van der Waals surface area (Å²) in [5.74, 6) is 0.976. The molecule has 0 amide bonds. The minimum Gasteiger partial charge on any atom is -0.342 e. The summed E-state index contributed by atoms with van der Waals surface area (Å²) in [6, 6.07) is 1.86. The molecule has 8 heteroatoms. The van der Waals surface area contributed by atoms with Crippen molar-refractivity contribution in [2.24, 2.45) is 5.41 Å². The van der Waals surface area contributed by atoms with Gasteiger partial charge in [-0.15, -0.1) is 0 Å². The zero-order chi connectivity index (χ0) is 19.1. The second kappa shape index (κ2) is 7.39. The number of piperidine rings is 1. The summed E-state index contributed by atoms with van der Waals surface area (Å²) in [6.45, 7) is 2.14. The summed E-state index contributed by atoms with van der Waals surface area (Å²) in [5, 5.41) is 0.769. The van der Waals surface area contributed by atoms with Crippen molar-refractivity contribution in [1.82, 2.24) is 19.4 Å². The summed E-state index contributed by atoms with van der Waals surface area (Å²) < 4.78 is 2.09. The van der Waals surface area contributed by atoms with E-state index in [-0.39, 0.29) is 0 Å². The van der Waals surface area contributed by atoms with E-state index in [9.17, 15) is 0 Å². The third-order valence-corrected chi connectivity index (χ3v) is 8.12. The van der Waals surface area contributed by atoms with E-state index in [0.29, 0.717) is 15.6 Å². The van der Waals surface area contributed by atoms with Crippen LogP contribution in [0, 0.1) is 5.41 Å². The summed E-state index contributed by atoms with van der Waals surface area (Å²) in [5.41, 5.74) is 1.48. The van der Waals surface area contributed by atoms with Crippen LogP contribution in [-0.2, 0) is 0 Å². The van der Waals surface area contributed by atoms with Crippen LogP contribution in [0.15, 0.2) is 40.6 Å². The summed E-state index contributed by atoms with van der Waals surface area (Å²) in [6.07, 6.45) is 15.5. The van der Waals surface area contributed by atoms with Gasteiger partial charge in [0.25, 0.3) is 0 Å². The van der Waals surface area contributed by atoms with Gasteiger partial charge < -0.3 is 4.90 Å². The molecule has 2 fully saturated rings. The lowest BCUT2D eigenvalue weighted by atomic mass is 9.77. The van der Waals surface area contributed by atoms with E-state index >= 15 is 0 Å². The number of rotatable bonds is 3. The Bertz CT molecular complexity index is 1000. The second-order valence-electron chi connectivity index (χ2n) is 7.75. The minimum atomic E-state index is 0.310. The maximum absolute atomic E-state index is 6.31. The fourth-order valence-electron chi connectivity index (χ4n) is 4.59. The minimum absolute atomic E-state index is 0.310. The number of fused-ring (bicyclic) bond motifs is 1. The van der Waals surface area contributed by atoms with E-state index < -0.39 is 0 Å². The number of aromatic nitrogens is 4. The first-order chi connectivity index (χ1) is 13.7. The summed E-state index contributed by atoms with van der Waals surface area (Å²) >= 11 is 13.9. The van der Waals surface area contributed by atoms with Crippen LogP contribution in [0.4, 0.5) is 5.95 Å². The van der Waals surface area contributed by atoms with Crippen molar-refractivity contribution in [3.05, 3.63) is 41.0 Å². The van der Waals surface area contributed by atoms with Crippen LogP contribution in [0.3, 0.4) is 0 Å². The largest absolute Gasteiger partial charge is 0.342 e. The second-order valence-corrected chi connectivity index (χ2v) is 9.57. The number of anilines is 1. The standard InChI is InChI=1S/C20H21Cl2N5S/c21-16-14(3-8-23-17(16)22)28-15-13-25-19(27-12-9-24-18(15)27)26-10-6-20(7-11-26)4-1-2-5-20/h3,8-9,12-13H,1-2,4-7,10-11H2. The molecule has 1 saturated heterocycles. The van der Waals surface area contributed by atoms with Crippen LogP contribution in [0.5, 0.6) is 0 Å². The maximum Gasteiger partial charge on any atom is 0.211 e. The van der Waals surface area contributed by atoms with E-state index in [1.165, 1.54) is 50.3 Å². The van der Waals surface area contributed by atoms with Gasteiger partial charge in [-0.05, 0) is 37.2 Å². The van der Waals surface area contributed by atoms with E-state index in [0.717, 1.165) is 34.5 Å². The molecule has 0 aromatic carbocycles. The molecule has 28 heavy (non-hydrogen) atoms. The number of pyridine rings is 1. The van der Waals surface area contributed by atoms with Gasteiger partial charge in [0, 0.05) is 42.8 Å². The number of imidazole rings is 1. The molecule has 0 bridgehead atoms. The first kappa shape index (κ1) is 18.5. The molecule has 5 nitrogen and oxygen atoms in total. The predicted octanol–water partition coefficient (Wildman–Crippen LogP) is 5.74. The van der Waals surface area contributed by atoms with E-state index in [1.54, 1.807) is 6.20 Å². The van der Waals surface area contributed by atoms with Crippen molar-refractivity contribution in [2.45, 2.75) is 48.3 Å². The van der Waals surface area contributed by atoms with Gasteiger partial charge in [-0.3, -0.25) is 4.40 Å². The van der Waals surface area contributed by atoms with Crippen LogP contribution in [0.25, 0.3) is 5.65 Å². The van der Waals surface area contributed by atoms with Crippen molar-refractivity contribution in [3.8, 4) is 0 Å². The van der Waals surface area contributed by atoms with Crippen molar-refractivity contribution in [1.29, 1.82) is 0 Å². The Hall–Kier alpha value is -1.50. The number of hydrogen-bond donors (Lipinski definition) is 0. The van der Waals surface area contributed by atoms with Gasteiger partial charge in [-0.1, -0.05) is 47.8 Å². The molecule has 1 saturated carbocycles. The Morgan fingerprint density at radius 3 is 2.50 bits per heavy atom. The first-order valence-corrected chi connectivity index (χ1v) is 11.3. The third-order valence-electron chi connectivity index (χ3n) is 6.18. The fraction of sp³-hybridized carbons (Fsp3) is 0.450. The van der Waals surface area contributed by atoms with Gasteiger partial charge in [0.15, 0.2) is 5.65 Å². The molecule has 2 aliphatic rings. The van der Waals surface area contributed by atoms with Crippen LogP contribution in [0.1, 0.15) is 38.5 Å². The molecular weight excluding hydrogens is 413 g/mol. The van der Waals surface area contributed by atoms with E-state index in [4.69, 9.17) is 28.2 Å². The Morgan fingerprint density at radius 1 is 0.929 bits per heavy atom. The predicted molar refractivity (Wildman–Crippen MR) is 114 cm³/mol. The zero-order valence-corrected chi connectivity index (χ0v) is 17.8. The van der Waals surface area contributed by atoms with Gasteiger partial charge in [-0.2, -0.15) is 0 Å². The van der Waals surface area contributed by atoms with Crippen LogP contribution >= 0.6 is 35.0 Å². The lowest BCUT2D eigenvalue weighted by Gasteiger charge is -2.39. The quantitative estimate of drug-likeness (QED) is 0.492. The Balaban J connectivity index is 1.43. The molecule has 0 radical (unpaired) electrons. The topological polar surface area (TPSA) is 46.3 Å². The molecule has 1 aliphatic heterocycles. The molecule has 3 aromatic heterocycles. The molecule has 0 unspecified atom stereocenters. The van der Waals surface area contributed by atoms with Crippen molar-refractivity contribution < 1.29 is 0 Å².